The summed E-state index contributed by atoms with van der Waals surface area (Å²) >= 11 is 12.3. The molecule has 0 aliphatic carbocycles. The first-order valence-electron chi connectivity index (χ1n) is 8.89. The highest BCUT2D eigenvalue weighted by Gasteiger charge is 2.44. The molecule has 1 atom stereocenters. The summed E-state index contributed by atoms with van der Waals surface area (Å²) in [6.45, 7) is 3.72. The Labute approximate surface area is 179 Å². The molecule has 0 radical (unpaired) electrons. The first-order valence-corrected chi connectivity index (χ1v) is 9.65. The number of hydrogen-bond acceptors (Lipinski definition) is 7. The van der Waals surface area contributed by atoms with Crippen LogP contribution in [0.4, 0.5) is 5.69 Å². The number of amides is 1. The van der Waals surface area contributed by atoms with E-state index in [-0.39, 0.29) is 10.9 Å². The van der Waals surface area contributed by atoms with Crippen LogP contribution in [0.5, 0.6) is 0 Å². The topological polar surface area (TPSA) is 112 Å². The first-order chi connectivity index (χ1) is 14.3. The molecule has 1 N–H and O–H groups in total. The van der Waals surface area contributed by atoms with Crippen LogP contribution in [0.15, 0.2) is 36.9 Å². The number of hydrogen-bond donors (Lipinski definition) is 1. The average Bonchev–Trinajstić information content (AvgIpc) is 3.39. The third-order valence-corrected chi connectivity index (χ3v) is 5.15. The maximum atomic E-state index is 13.0. The highest BCUT2D eigenvalue weighted by Crippen LogP contribution is 2.43. The van der Waals surface area contributed by atoms with Gasteiger partial charge in [-0.25, -0.2) is 14.5 Å². The van der Waals surface area contributed by atoms with Crippen LogP contribution in [0.1, 0.15) is 31.2 Å². The van der Waals surface area contributed by atoms with Crippen LogP contribution in [0.2, 0.25) is 10.2 Å². The van der Waals surface area contributed by atoms with Gasteiger partial charge in [0, 0.05) is 17.8 Å². The molecule has 1 aliphatic heterocycles. The summed E-state index contributed by atoms with van der Waals surface area (Å²) in [7, 11) is 0. The van der Waals surface area contributed by atoms with Gasteiger partial charge in [-0.3, -0.25) is 4.79 Å². The predicted molar refractivity (Wildman–Crippen MR) is 108 cm³/mol. The van der Waals surface area contributed by atoms with Crippen LogP contribution in [-0.4, -0.2) is 40.5 Å². The van der Waals surface area contributed by atoms with Gasteiger partial charge in [0.15, 0.2) is 22.7 Å². The molecule has 10 nitrogen and oxygen atoms in total. The minimum absolute atomic E-state index is 0.284. The summed E-state index contributed by atoms with van der Waals surface area (Å²) in [5.74, 6) is -0.0329. The number of anilines is 1. The molecule has 0 saturated heterocycles. The van der Waals surface area contributed by atoms with E-state index in [9.17, 15) is 4.79 Å². The normalized spacial score (nSPS) is 17.3. The lowest BCUT2D eigenvalue weighted by Gasteiger charge is -2.20. The number of aromatic nitrogens is 7. The largest absolute Gasteiger partial charge is 0.351 e. The van der Waals surface area contributed by atoms with Gasteiger partial charge in [0.05, 0.1) is 35.0 Å². The number of ether oxygens (including phenoxy) is 1. The van der Waals surface area contributed by atoms with Gasteiger partial charge in [-0.1, -0.05) is 23.2 Å². The Morgan fingerprint density at radius 3 is 2.67 bits per heavy atom. The van der Waals surface area contributed by atoms with E-state index in [4.69, 9.17) is 27.9 Å². The lowest BCUT2D eigenvalue weighted by molar-refractivity contribution is -0.135. The number of fused-ring (bicyclic) bond motifs is 3. The predicted octanol–water partition coefficient (Wildman–Crippen LogP) is 2.96. The quantitative estimate of drug-likeness (QED) is 0.516. The van der Waals surface area contributed by atoms with E-state index >= 15 is 0 Å². The summed E-state index contributed by atoms with van der Waals surface area (Å²) in [5, 5.41) is 15.6. The van der Waals surface area contributed by atoms with Gasteiger partial charge in [-0.15, -0.1) is 4.80 Å². The van der Waals surface area contributed by atoms with E-state index in [2.05, 4.69) is 30.6 Å². The Morgan fingerprint density at radius 2 is 1.93 bits per heavy atom. The standard InChI is InChI=1S/C18H14Cl2N8O2/c1-18(2)15-10(8-21-13-6-12(20)26-27(13)15)14(30-18)17(29)25-9-5-11(19)16(22-7-9)28-23-3-4-24-28/h3-8,14H,1-2H3,(H,25,29). The number of pyridine rings is 1. The zero-order valence-electron chi connectivity index (χ0n) is 15.7. The lowest BCUT2D eigenvalue weighted by Crippen LogP contribution is -2.24. The van der Waals surface area contributed by atoms with Gasteiger partial charge < -0.3 is 10.1 Å². The molecule has 0 spiro atoms. The van der Waals surface area contributed by atoms with Crippen LogP contribution < -0.4 is 5.32 Å². The third kappa shape index (κ3) is 3.00. The molecule has 1 aliphatic rings. The van der Waals surface area contributed by atoms with Gasteiger partial charge >= 0.3 is 0 Å². The van der Waals surface area contributed by atoms with E-state index in [1.165, 1.54) is 23.4 Å². The van der Waals surface area contributed by atoms with Crippen LogP contribution in [0.3, 0.4) is 0 Å². The molecule has 0 fully saturated rings. The molecule has 30 heavy (non-hydrogen) atoms. The van der Waals surface area contributed by atoms with Crippen molar-refractivity contribution in [1.29, 1.82) is 0 Å². The number of carbonyl (C=O) groups is 1. The van der Waals surface area contributed by atoms with Crippen molar-refractivity contribution in [3.05, 3.63) is 58.4 Å². The second kappa shape index (κ2) is 6.73. The molecule has 0 bridgehead atoms. The summed E-state index contributed by atoms with van der Waals surface area (Å²) in [4.78, 5) is 22.9. The Hall–Kier alpha value is -3.08. The molecule has 152 valence electrons. The second-order valence-corrected chi connectivity index (χ2v) is 7.94. The molecule has 1 amide bonds. The Kier molecular flexibility index (Phi) is 4.24. The van der Waals surface area contributed by atoms with Crippen molar-refractivity contribution in [2.45, 2.75) is 25.6 Å². The molecule has 5 rings (SSSR count). The molecular weight excluding hydrogens is 431 g/mol. The van der Waals surface area contributed by atoms with Gasteiger partial charge in [-0.2, -0.15) is 15.3 Å². The summed E-state index contributed by atoms with van der Waals surface area (Å²) in [5.41, 5.74) is 1.54. The Balaban J connectivity index is 1.46. The van der Waals surface area contributed by atoms with Crippen molar-refractivity contribution >= 4 is 40.4 Å². The summed E-state index contributed by atoms with van der Waals surface area (Å²) < 4.78 is 7.66. The monoisotopic (exact) mass is 444 g/mol. The van der Waals surface area contributed by atoms with Crippen molar-refractivity contribution in [2.24, 2.45) is 0 Å². The molecule has 0 saturated carbocycles. The van der Waals surface area contributed by atoms with E-state index < -0.39 is 11.7 Å². The van der Waals surface area contributed by atoms with E-state index in [1.807, 2.05) is 13.8 Å². The summed E-state index contributed by atoms with van der Waals surface area (Å²) in [6.07, 6.45) is 5.23. The summed E-state index contributed by atoms with van der Waals surface area (Å²) in [6, 6.07) is 3.22. The van der Waals surface area contributed by atoms with Crippen molar-refractivity contribution < 1.29 is 9.53 Å². The zero-order chi connectivity index (χ0) is 21.0. The third-order valence-electron chi connectivity index (χ3n) is 4.68. The van der Waals surface area contributed by atoms with E-state index in [1.54, 1.807) is 22.8 Å². The van der Waals surface area contributed by atoms with Crippen LogP contribution in [0, 0.1) is 0 Å². The first kappa shape index (κ1) is 18.9. The average molecular weight is 445 g/mol. The van der Waals surface area contributed by atoms with Gasteiger partial charge in [0.2, 0.25) is 0 Å². The molecule has 1 unspecified atom stereocenters. The van der Waals surface area contributed by atoms with E-state index in [0.717, 1.165) is 5.69 Å². The second-order valence-electron chi connectivity index (χ2n) is 7.14. The lowest BCUT2D eigenvalue weighted by atomic mass is 10.0. The molecule has 5 heterocycles. The van der Waals surface area contributed by atoms with Crippen LogP contribution in [-0.2, 0) is 15.1 Å². The van der Waals surface area contributed by atoms with Crippen molar-refractivity contribution in [2.75, 3.05) is 5.32 Å². The fourth-order valence-corrected chi connectivity index (χ4v) is 3.92. The van der Waals surface area contributed by atoms with Crippen molar-refractivity contribution in [3.63, 3.8) is 0 Å². The van der Waals surface area contributed by atoms with Crippen LogP contribution in [0.25, 0.3) is 11.5 Å². The van der Waals surface area contributed by atoms with Crippen molar-refractivity contribution in [1.82, 2.24) is 34.6 Å². The maximum Gasteiger partial charge on any atom is 0.258 e. The maximum absolute atomic E-state index is 13.0. The molecule has 4 aromatic rings. The fourth-order valence-electron chi connectivity index (χ4n) is 3.50. The van der Waals surface area contributed by atoms with Gasteiger partial charge in [0.1, 0.15) is 5.60 Å². The molecular formula is C18H14Cl2N8O2. The number of halogens is 2. The van der Waals surface area contributed by atoms with Crippen LogP contribution >= 0.6 is 23.2 Å². The number of nitrogens with zero attached hydrogens (tertiary/aromatic N) is 7. The highest BCUT2D eigenvalue weighted by molar-refractivity contribution is 6.32. The van der Waals surface area contributed by atoms with Gasteiger partial charge in [0.25, 0.3) is 5.91 Å². The Morgan fingerprint density at radius 1 is 1.17 bits per heavy atom. The minimum Gasteiger partial charge on any atom is -0.351 e. The molecule has 12 heteroatoms. The number of carbonyl (C=O) groups excluding carboxylic acids is 1. The highest BCUT2D eigenvalue weighted by atomic mass is 35.5. The van der Waals surface area contributed by atoms with Crippen molar-refractivity contribution in [3.8, 4) is 5.82 Å². The smallest absolute Gasteiger partial charge is 0.258 e. The number of nitrogens with one attached hydrogen (secondary N) is 1. The SMILES string of the molecule is CC1(C)OC(C(=O)Nc2cnc(-n3nccn3)c(Cl)c2)c2cnc3cc(Cl)nn3c21. The fraction of sp³-hybridized carbons (Fsp3) is 0.222. The molecule has 4 aromatic heterocycles. The zero-order valence-corrected chi connectivity index (χ0v) is 17.3. The van der Waals surface area contributed by atoms with E-state index in [0.29, 0.717) is 27.9 Å². The number of rotatable bonds is 3. The molecule has 0 aromatic carbocycles. The minimum atomic E-state index is -0.888. The van der Waals surface area contributed by atoms with Gasteiger partial charge in [-0.05, 0) is 19.9 Å². The Bertz CT molecular complexity index is 1290.